The summed E-state index contributed by atoms with van der Waals surface area (Å²) in [4.78, 5) is 29.1. The molecule has 6 nitrogen and oxygen atoms in total. The SMILES string of the molecule is C[C@@H]1C=C[C@H](C)N2Cc3c(OCc4ccccc4)c(=O)c(C(=O)NCc4c(F)cc(F)cc4F)cn3[C@@H]1C2. The summed E-state index contributed by atoms with van der Waals surface area (Å²) in [5.41, 5.74) is 0.251. The van der Waals surface area contributed by atoms with Crippen LogP contribution < -0.4 is 15.5 Å². The molecule has 2 bridgehead atoms. The van der Waals surface area contributed by atoms with Crippen LogP contribution in [0.15, 0.2) is 65.6 Å². The standard InChI is InChI=1S/C29H28F3N3O3/c1-17-8-9-18(2)34-14-25(17)35-13-22(29(37)33-12-21-23(31)10-20(30)11-24(21)32)27(36)28(26(35)15-34)38-16-19-6-4-3-5-7-19/h3-11,13,17-18,25H,12,14-16H2,1-2H3,(H,33,37)/t17-,18+,25-/m1/s1. The average molecular weight is 524 g/mol. The molecule has 0 fully saturated rings. The van der Waals surface area contributed by atoms with Crippen LogP contribution in [0.2, 0.25) is 0 Å². The van der Waals surface area contributed by atoms with Crippen molar-refractivity contribution in [2.75, 3.05) is 6.54 Å². The van der Waals surface area contributed by atoms with Gasteiger partial charge in [-0.05, 0) is 18.4 Å². The number of pyridine rings is 1. The fourth-order valence-electron chi connectivity index (χ4n) is 5.04. The maximum absolute atomic E-state index is 14.1. The van der Waals surface area contributed by atoms with E-state index in [-0.39, 0.29) is 35.9 Å². The van der Waals surface area contributed by atoms with Crippen molar-refractivity contribution in [1.29, 1.82) is 0 Å². The van der Waals surface area contributed by atoms with Crippen molar-refractivity contribution in [2.24, 2.45) is 5.92 Å². The van der Waals surface area contributed by atoms with Crippen molar-refractivity contribution >= 4 is 5.91 Å². The Labute approximate surface area is 218 Å². The molecular formula is C29H28F3N3O3. The number of halogens is 3. The Morgan fingerprint density at radius 3 is 2.50 bits per heavy atom. The number of carbonyl (C=O) groups is 1. The molecule has 5 rings (SSSR count). The van der Waals surface area contributed by atoms with Gasteiger partial charge in [0.1, 0.15) is 29.6 Å². The highest BCUT2D eigenvalue weighted by molar-refractivity contribution is 5.94. The summed E-state index contributed by atoms with van der Waals surface area (Å²) in [6.45, 7) is 4.94. The van der Waals surface area contributed by atoms with Gasteiger partial charge in [-0.25, -0.2) is 13.2 Å². The number of aromatic nitrogens is 1. The molecule has 0 radical (unpaired) electrons. The van der Waals surface area contributed by atoms with Gasteiger partial charge >= 0.3 is 0 Å². The minimum Gasteiger partial charge on any atom is -0.483 e. The van der Waals surface area contributed by atoms with Crippen molar-refractivity contribution in [3.63, 3.8) is 0 Å². The fraction of sp³-hybridized carbons (Fsp3) is 0.310. The molecule has 1 aromatic heterocycles. The van der Waals surface area contributed by atoms with Gasteiger partial charge in [-0.2, -0.15) is 0 Å². The monoisotopic (exact) mass is 523 g/mol. The van der Waals surface area contributed by atoms with E-state index in [0.29, 0.717) is 24.4 Å². The Morgan fingerprint density at radius 2 is 1.79 bits per heavy atom. The number of hydrogen-bond acceptors (Lipinski definition) is 4. The van der Waals surface area contributed by atoms with E-state index in [4.69, 9.17) is 4.74 Å². The molecule has 4 atom stereocenters. The predicted molar refractivity (Wildman–Crippen MR) is 136 cm³/mol. The molecule has 1 amide bonds. The summed E-state index contributed by atoms with van der Waals surface area (Å²) in [7, 11) is 0. The molecule has 2 aromatic carbocycles. The molecule has 0 saturated heterocycles. The number of fused-ring (bicyclic) bond motifs is 4. The van der Waals surface area contributed by atoms with Crippen LogP contribution in [0.5, 0.6) is 5.75 Å². The first-order chi connectivity index (χ1) is 18.2. The maximum Gasteiger partial charge on any atom is 0.257 e. The molecule has 2 aliphatic heterocycles. The van der Waals surface area contributed by atoms with Gasteiger partial charge in [-0.3, -0.25) is 14.5 Å². The topological polar surface area (TPSA) is 63.6 Å². The number of nitrogens with one attached hydrogen (secondary N) is 1. The molecule has 2 aliphatic rings. The Balaban J connectivity index is 1.53. The van der Waals surface area contributed by atoms with Crippen LogP contribution in [0.25, 0.3) is 0 Å². The summed E-state index contributed by atoms with van der Waals surface area (Å²) in [6, 6.07) is 10.6. The Bertz CT molecular complexity index is 1430. The third-order valence-corrected chi connectivity index (χ3v) is 7.30. The summed E-state index contributed by atoms with van der Waals surface area (Å²) in [5.74, 6) is -3.90. The molecule has 0 spiro atoms. The second kappa shape index (κ2) is 10.5. The lowest BCUT2D eigenvalue weighted by atomic mass is 9.98. The summed E-state index contributed by atoms with van der Waals surface area (Å²) >= 11 is 0. The van der Waals surface area contributed by atoms with Gasteiger partial charge in [0.15, 0.2) is 5.75 Å². The second-order valence-electron chi connectivity index (χ2n) is 9.84. The molecule has 1 unspecified atom stereocenters. The Kier molecular flexibility index (Phi) is 7.12. The molecule has 0 aliphatic carbocycles. The van der Waals surface area contributed by atoms with Gasteiger partial charge in [0, 0.05) is 49.6 Å². The molecule has 9 heteroatoms. The lowest BCUT2D eigenvalue weighted by molar-refractivity contribution is 0.0944. The molecule has 1 N–H and O–H groups in total. The largest absolute Gasteiger partial charge is 0.483 e. The summed E-state index contributed by atoms with van der Waals surface area (Å²) < 4.78 is 49.5. The summed E-state index contributed by atoms with van der Waals surface area (Å²) in [6.07, 6.45) is 5.79. The van der Waals surface area contributed by atoms with Crippen molar-refractivity contribution < 1.29 is 22.7 Å². The van der Waals surface area contributed by atoms with Crippen LogP contribution >= 0.6 is 0 Å². The molecule has 0 saturated carbocycles. The van der Waals surface area contributed by atoms with E-state index in [1.807, 2.05) is 34.9 Å². The van der Waals surface area contributed by atoms with E-state index in [0.717, 1.165) is 12.1 Å². The molecule has 198 valence electrons. The van der Waals surface area contributed by atoms with Gasteiger partial charge in [0.2, 0.25) is 5.43 Å². The smallest absolute Gasteiger partial charge is 0.257 e. The molecule has 3 heterocycles. The van der Waals surface area contributed by atoms with E-state index in [2.05, 4.69) is 36.2 Å². The van der Waals surface area contributed by atoms with Crippen molar-refractivity contribution in [2.45, 2.75) is 45.6 Å². The number of amides is 1. The van der Waals surface area contributed by atoms with E-state index in [1.165, 1.54) is 6.20 Å². The predicted octanol–water partition coefficient (Wildman–Crippen LogP) is 4.73. The van der Waals surface area contributed by atoms with Crippen molar-refractivity contribution in [1.82, 2.24) is 14.8 Å². The molecule has 3 aromatic rings. The zero-order valence-electron chi connectivity index (χ0n) is 21.1. The number of hydrogen-bond donors (Lipinski definition) is 1. The van der Waals surface area contributed by atoms with E-state index >= 15 is 0 Å². The first kappa shape index (κ1) is 25.8. The maximum atomic E-state index is 14.1. The van der Waals surface area contributed by atoms with Gasteiger partial charge in [0.25, 0.3) is 5.91 Å². The first-order valence-electron chi connectivity index (χ1n) is 12.5. The first-order valence-corrected chi connectivity index (χ1v) is 12.5. The highest BCUT2D eigenvalue weighted by Gasteiger charge is 2.35. The lowest BCUT2D eigenvalue weighted by Gasteiger charge is -2.39. The van der Waals surface area contributed by atoms with Gasteiger partial charge in [-0.1, -0.05) is 49.4 Å². The second-order valence-corrected chi connectivity index (χ2v) is 9.84. The van der Waals surface area contributed by atoms with E-state index in [1.54, 1.807) is 0 Å². The zero-order valence-corrected chi connectivity index (χ0v) is 21.1. The van der Waals surface area contributed by atoms with Crippen LogP contribution in [0.1, 0.15) is 47.1 Å². The van der Waals surface area contributed by atoms with Crippen LogP contribution in [-0.2, 0) is 19.7 Å². The van der Waals surface area contributed by atoms with Gasteiger partial charge in [-0.15, -0.1) is 0 Å². The van der Waals surface area contributed by atoms with E-state index in [9.17, 15) is 22.8 Å². The number of ether oxygens (including phenoxy) is 1. The van der Waals surface area contributed by atoms with Crippen LogP contribution in [0, 0.1) is 23.4 Å². The van der Waals surface area contributed by atoms with Crippen LogP contribution in [0.3, 0.4) is 0 Å². The van der Waals surface area contributed by atoms with Crippen molar-refractivity contribution in [3.8, 4) is 5.75 Å². The highest BCUT2D eigenvalue weighted by atomic mass is 19.1. The number of carbonyl (C=O) groups excluding carboxylic acids is 1. The average Bonchev–Trinajstić information content (AvgIpc) is 3.00. The third kappa shape index (κ3) is 4.98. The zero-order chi connectivity index (χ0) is 27.0. The Morgan fingerprint density at radius 1 is 1.08 bits per heavy atom. The number of allylic oxidation sites excluding steroid dienone is 1. The Hall–Kier alpha value is -3.85. The lowest BCUT2D eigenvalue weighted by Crippen LogP contribution is -2.44. The van der Waals surface area contributed by atoms with Gasteiger partial charge < -0.3 is 14.6 Å². The minimum absolute atomic E-state index is 0.0573. The van der Waals surface area contributed by atoms with Crippen molar-refractivity contribution in [3.05, 3.63) is 111 Å². The number of nitrogens with zero attached hydrogens (tertiary/aromatic N) is 2. The van der Waals surface area contributed by atoms with Crippen LogP contribution in [0.4, 0.5) is 13.2 Å². The summed E-state index contributed by atoms with van der Waals surface area (Å²) in [5, 5.41) is 2.42. The number of benzene rings is 2. The molecular weight excluding hydrogens is 495 g/mol. The fourth-order valence-corrected chi connectivity index (χ4v) is 5.04. The quantitative estimate of drug-likeness (QED) is 0.475. The minimum atomic E-state index is -1.12. The van der Waals surface area contributed by atoms with E-state index < -0.39 is 40.9 Å². The van der Waals surface area contributed by atoms with Crippen LogP contribution in [-0.4, -0.2) is 28.0 Å². The normalized spacial score (nSPS) is 21.9. The van der Waals surface area contributed by atoms with Gasteiger partial charge in [0.05, 0.1) is 11.7 Å². The third-order valence-electron chi connectivity index (χ3n) is 7.30. The highest BCUT2D eigenvalue weighted by Crippen LogP contribution is 2.35. The number of rotatable bonds is 6. The molecule has 38 heavy (non-hydrogen) atoms.